The maximum Gasteiger partial charge on any atom is 0.255 e. The second-order valence-electron chi connectivity index (χ2n) is 5.12. The highest BCUT2D eigenvalue weighted by molar-refractivity contribution is 5.93. The number of pyridine rings is 1. The van der Waals surface area contributed by atoms with Gasteiger partial charge in [-0.3, -0.25) is 4.79 Å². The SMILES string of the molecule is CCN(c1ccc(C(=O)N(C)CCNC)cn1)C(C)C.Cl.Cl. The van der Waals surface area contributed by atoms with Gasteiger partial charge in [-0.1, -0.05) is 0 Å². The van der Waals surface area contributed by atoms with Gasteiger partial charge < -0.3 is 15.1 Å². The standard InChI is InChI=1S/C15H26N4O.2ClH/c1-6-19(12(2)3)14-8-7-13(11-17-14)15(20)18(5)10-9-16-4;;/h7-8,11-12,16H,6,9-10H2,1-5H3;2*1H. The summed E-state index contributed by atoms with van der Waals surface area (Å²) in [4.78, 5) is 20.5. The van der Waals surface area contributed by atoms with Gasteiger partial charge in [-0.2, -0.15) is 0 Å². The third kappa shape index (κ3) is 6.38. The Bertz CT molecular complexity index is 426. The van der Waals surface area contributed by atoms with Crippen LogP contribution in [0.3, 0.4) is 0 Å². The predicted octanol–water partition coefficient (Wildman–Crippen LogP) is 2.45. The smallest absolute Gasteiger partial charge is 0.255 e. The van der Waals surface area contributed by atoms with Crippen LogP contribution in [0.5, 0.6) is 0 Å². The van der Waals surface area contributed by atoms with E-state index < -0.39 is 0 Å². The molecule has 0 aliphatic rings. The van der Waals surface area contributed by atoms with Gasteiger partial charge in [-0.15, -0.1) is 24.8 Å². The molecule has 0 unspecified atom stereocenters. The molecular formula is C15H28Cl2N4O. The van der Waals surface area contributed by atoms with E-state index >= 15 is 0 Å². The van der Waals surface area contributed by atoms with Crippen LogP contribution in [0.4, 0.5) is 5.82 Å². The molecule has 1 heterocycles. The van der Waals surface area contributed by atoms with E-state index in [1.807, 2.05) is 19.2 Å². The molecule has 0 aromatic carbocycles. The fraction of sp³-hybridized carbons (Fsp3) is 0.600. The Morgan fingerprint density at radius 2 is 1.95 bits per heavy atom. The number of carbonyl (C=O) groups is 1. The monoisotopic (exact) mass is 350 g/mol. The normalized spacial score (nSPS) is 9.73. The average molecular weight is 351 g/mol. The third-order valence-electron chi connectivity index (χ3n) is 3.30. The number of carbonyl (C=O) groups excluding carboxylic acids is 1. The quantitative estimate of drug-likeness (QED) is 0.820. The molecule has 22 heavy (non-hydrogen) atoms. The van der Waals surface area contributed by atoms with Gasteiger partial charge in [0.25, 0.3) is 5.91 Å². The van der Waals surface area contributed by atoms with Crippen molar-refractivity contribution in [1.29, 1.82) is 0 Å². The fourth-order valence-electron chi connectivity index (χ4n) is 2.08. The van der Waals surface area contributed by atoms with E-state index in [1.54, 1.807) is 18.1 Å². The molecule has 1 aromatic heterocycles. The number of amides is 1. The van der Waals surface area contributed by atoms with Crippen LogP contribution < -0.4 is 10.2 Å². The predicted molar refractivity (Wildman–Crippen MR) is 97.8 cm³/mol. The van der Waals surface area contributed by atoms with E-state index in [-0.39, 0.29) is 30.7 Å². The molecule has 0 atom stereocenters. The lowest BCUT2D eigenvalue weighted by molar-refractivity contribution is 0.0796. The summed E-state index contributed by atoms with van der Waals surface area (Å²) in [6, 6.07) is 4.17. The molecule has 0 radical (unpaired) electrons. The summed E-state index contributed by atoms with van der Waals surface area (Å²) in [5, 5.41) is 3.03. The van der Waals surface area contributed by atoms with Crippen LogP contribution >= 0.6 is 24.8 Å². The van der Waals surface area contributed by atoms with Gasteiger partial charge in [0.15, 0.2) is 0 Å². The number of rotatable bonds is 7. The Morgan fingerprint density at radius 1 is 1.32 bits per heavy atom. The van der Waals surface area contributed by atoms with Crippen LogP contribution in [0.15, 0.2) is 18.3 Å². The highest BCUT2D eigenvalue weighted by Gasteiger charge is 2.14. The van der Waals surface area contributed by atoms with Gasteiger partial charge in [0, 0.05) is 38.9 Å². The molecule has 0 aliphatic heterocycles. The van der Waals surface area contributed by atoms with Crippen LogP contribution in [0.1, 0.15) is 31.1 Å². The van der Waals surface area contributed by atoms with Gasteiger partial charge in [0.2, 0.25) is 0 Å². The number of likely N-dealkylation sites (N-methyl/N-ethyl adjacent to an activating group) is 2. The van der Waals surface area contributed by atoms with Gasteiger partial charge in [-0.25, -0.2) is 4.98 Å². The molecule has 7 heteroatoms. The zero-order chi connectivity index (χ0) is 15.1. The molecule has 0 saturated heterocycles. The second-order valence-corrected chi connectivity index (χ2v) is 5.12. The first-order chi connectivity index (χ1) is 9.51. The lowest BCUT2D eigenvalue weighted by Crippen LogP contribution is -2.33. The van der Waals surface area contributed by atoms with E-state index in [0.717, 1.165) is 18.9 Å². The molecule has 1 rings (SSSR count). The first-order valence-corrected chi connectivity index (χ1v) is 7.14. The van der Waals surface area contributed by atoms with Gasteiger partial charge in [-0.05, 0) is 40.0 Å². The van der Waals surface area contributed by atoms with Crippen LogP contribution in [0.25, 0.3) is 0 Å². The van der Waals surface area contributed by atoms with Crippen molar-refractivity contribution in [2.75, 3.05) is 38.6 Å². The molecule has 1 aromatic rings. The lowest BCUT2D eigenvalue weighted by Gasteiger charge is -2.26. The van der Waals surface area contributed by atoms with Crippen molar-refractivity contribution >= 4 is 36.5 Å². The zero-order valence-corrected chi connectivity index (χ0v) is 15.6. The zero-order valence-electron chi connectivity index (χ0n) is 14.0. The van der Waals surface area contributed by atoms with E-state index in [9.17, 15) is 4.79 Å². The van der Waals surface area contributed by atoms with Crippen molar-refractivity contribution in [3.63, 3.8) is 0 Å². The molecule has 128 valence electrons. The molecule has 0 saturated carbocycles. The Morgan fingerprint density at radius 3 is 2.36 bits per heavy atom. The number of hydrogen-bond acceptors (Lipinski definition) is 4. The molecule has 0 spiro atoms. The second kappa shape index (κ2) is 11.5. The first-order valence-electron chi connectivity index (χ1n) is 7.14. The number of nitrogens with one attached hydrogen (secondary N) is 1. The lowest BCUT2D eigenvalue weighted by atomic mass is 10.2. The summed E-state index contributed by atoms with van der Waals surface area (Å²) in [7, 11) is 3.68. The van der Waals surface area contributed by atoms with Crippen molar-refractivity contribution in [2.45, 2.75) is 26.8 Å². The molecular weight excluding hydrogens is 323 g/mol. The maximum atomic E-state index is 12.2. The molecule has 1 N–H and O–H groups in total. The Labute approximate surface area is 146 Å². The number of aromatic nitrogens is 1. The van der Waals surface area contributed by atoms with Gasteiger partial charge in [0.05, 0.1) is 5.56 Å². The van der Waals surface area contributed by atoms with Crippen LogP contribution in [0, 0.1) is 0 Å². The van der Waals surface area contributed by atoms with Crippen molar-refractivity contribution in [3.8, 4) is 0 Å². The topological polar surface area (TPSA) is 48.5 Å². The minimum atomic E-state index is 0. The summed E-state index contributed by atoms with van der Waals surface area (Å²) in [6.07, 6.45) is 1.67. The molecule has 1 amide bonds. The van der Waals surface area contributed by atoms with Crippen LogP contribution in [-0.4, -0.2) is 55.6 Å². The summed E-state index contributed by atoms with van der Waals surface area (Å²) < 4.78 is 0. The van der Waals surface area contributed by atoms with Crippen molar-refractivity contribution in [2.24, 2.45) is 0 Å². The molecule has 5 nitrogen and oxygen atoms in total. The summed E-state index contributed by atoms with van der Waals surface area (Å²) in [6.45, 7) is 8.74. The van der Waals surface area contributed by atoms with Crippen molar-refractivity contribution in [1.82, 2.24) is 15.2 Å². The molecule has 0 fully saturated rings. The Balaban J connectivity index is 0. The molecule has 0 aliphatic carbocycles. The van der Waals surface area contributed by atoms with Crippen molar-refractivity contribution < 1.29 is 4.79 Å². The average Bonchev–Trinajstić information content (AvgIpc) is 2.45. The molecule has 0 bridgehead atoms. The number of halogens is 2. The van der Waals surface area contributed by atoms with Gasteiger partial charge in [0.1, 0.15) is 5.82 Å². The number of nitrogens with zero attached hydrogens (tertiary/aromatic N) is 3. The van der Waals surface area contributed by atoms with E-state index in [1.165, 1.54) is 0 Å². The first kappa shape index (κ1) is 23.2. The Kier molecular flexibility index (Phi) is 12.2. The highest BCUT2D eigenvalue weighted by atomic mass is 35.5. The van der Waals surface area contributed by atoms with Crippen molar-refractivity contribution in [3.05, 3.63) is 23.9 Å². The van der Waals surface area contributed by atoms with Gasteiger partial charge >= 0.3 is 0 Å². The van der Waals surface area contributed by atoms with Crippen LogP contribution in [-0.2, 0) is 0 Å². The summed E-state index contributed by atoms with van der Waals surface area (Å²) >= 11 is 0. The Hall–Kier alpha value is -1.04. The minimum absolute atomic E-state index is 0. The van der Waals surface area contributed by atoms with E-state index in [4.69, 9.17) is 0 Å². The summed E-state index contributed by atoms with van der Waals surface area (Å²) in [5.41, 5.74) is 0.632. The summed E-state index contributed by atoms with van der Waals surface area (Å²) in [5.74, 6) is 0.920. The third-order valence-corrected chi connectivity index (χ3v) is 3.30. The highest BCUT2D eigenvalue weighted by Crippen LogP contribution is 2.14. The number of hydrogen-bond donors (Lipinski definition) is 1. The number of anilines is 1. The van der Waals surface area contributed by atoms with E-state index in [2.05, 4.69) is 36.0 Å². The maximum absolute atomic E-state index is 12.2. The van der Waals surface area contributed by atoms with Crippen LogP contribution in [0.2, 0.25) is 0 Å². The van der Waals surface area contributed by atoms with E-state index in [0.29, 0.717) is 18.2 Å². The largest absolute Gasteiger partial charge is 0.354 e. The fourth-order valence-corrected chi connectivity index (χ4v) is 2.08. The minimum Gasteiger partial charge on any atom is -0.354 e.